The van der Waals surface area contributed by atoms with E-state index in [-0.39, 0.29) is 18.3 Å². The lowest BCUT2D eigenvalue weighted by Gasteiger charge is -2.34. The van der Waals surface area contributed by atoms with Crippen molar-refractivity contribution in [1.82, 2.24) is 5.32 Å². The number of rotatable bonds is 10. The average Bonchev–Trinajstić information content (AvgIpc) is 2.13. The summed E-state index contributed by atoms with van der Waals surface area (Å²) in [4.78, 5) is 0. The lowest BCUT2D eigenvalue weighted by atomic mass is 10.5. The molecule has 0 aliphatic carbocycles. The first-order valence-corrected chi connectivity index (χ1v) is 8.68. The number of hydrogen-bond acceptors (Lipinski definition) is 5. The van der Waals surface area contributed by atoms with Crippen molar-refractivity contribution in [1.29, 1.82) is 0 Å². The van der Waals surface area contributed by atoms with E-state index < -0.39 is 8.80 Å². The maximum Gasteiger partial charge on any atom is 0.516 e. The minimum absolute atomic E-state index is 0.0776. The second kappa shape index (κ2) is 9.01. The molecule has 0 atom stereocenters. The van der Waals surface area contributed by atoms with Gasteiger partial charge in [0.1, 0.15) is 0 Å². The zero-order valence-electron chi connectivity index (χ0n) is 12.7. The van der Waals surface area contributed by atoms with Crippen molar-refractivity contribution in [2.45, 2.75) is 59.9 Å². The summed E-state index contributed by atoms with van der Waals surface area (Å²) in [5.41, 5.74) is 5.49. The summed E-state index contributed by atoms with van der Waals surface area (Å²) in [6.45, 7) is 13.3. The third-order valence-electron chi connectivity index (χ3n) is 1.91. The van der Waals surface area contributed by atoms with Gasteiger partial charge >= 0.3 is 8.80 Å². The topological polar surface area (TPSA) is 65.7 Å². The standard InChI is InChI=1S/C12H30N2O3Si/c1-10(2)15-18(16-11(3)4,17-12(5)6)9-14-8-7-13/h10-12,14H,7-9,13H2,1-6H3. The lowest BCUT2D eigenvalue weighted by molar-refractivity contribution is 0.00254. The third-order valence-corrected chi connectivity index (χ3v) is 5.08. The zero-order valence-corrected chi connectivity index (χ0v) is 13.7. The largest absolute Gasteiger partial charge is 0.516 e. The quantitative estimate of drug-likeness (QED) is 0.465. The molecule has 0 aromatic carbocycles. The van der Waals surface area contributed by atoms with Crippen LogP contribution in [0, 0.1) is 0 Å². The molecule has 0 fully saturated rings. The van der Waals surface area contributed by atoms with Crippen molar-refractivity contribution in [3.05, 3.63) is 0 Å². The van der Waals surface area contributed by atoms with Crippen molar-refractivity contribution in [3.63, 3.8) is 0 Å². The van der Waals surface area contributed by atoms with Crippen LogP contribution >= 0.6 is 0 Å². The van der Waals surface area contributed by atoms with Crippen LogP contribution in [0.4, 0.5) is 0 Å². The first kappa shape index (κ1) is 18.0. The van der Waals surface area contributed by atoms with E-state index in [1.165, 1.54) is 0 Å². The van der Waals surface area contributed by atoms with E-state index in [0.29, 0.717) is 12.7 Å². The Morgan fingerprint density at radius 2 is 1.28 bits per heavy atom. The number of hydrogen-bond donors (Lipinski definition) is 2. The van der Waals surface area contributed by atoms with Gasteiger partial charge in [0.25, 0.3) is 0 Å². The van der Waals surface area contributed by atoms with Crippen LogP contribution in [-0.2, 0) is 13.3 Å². The summed E-state index contributed by atoms with van der Waals surface area (Å²) >= 11 is 0. The monoisotopic (exact) mass is 278 g/mol. The fourth-order valence-corrected chi connectivity index (χ4v) is 4.68. The first-order valence-electron chi connectivity index (χ1n) is 6.75. The molecule has 0 amide bonds. The van der Waals surface area contributed by atoms with Gasteiger partial charge in [0.2, 0.25) is 0 Å². The molecule has 18 heavy (non-hydrogen) atoms. The van der Waals surface area contributed by atoms with Crippen molar-refractivity contribution in [2.24, 2.45) is 5.73 Å². The molecule has 6 heteroatoms. The maximum absolute atomic E-state index is 6.00. The van der Waals surface area contributed by atoms with Crippen molar-refractivity contribution in [2.75, 3.05) is 19.3 Å². The Hall–Kier alpha value is 0.0169. The summed E-state index contributed by atoms with van der Waals surface area (Å²) in [5.74, 6) is 0. The highest BCUT2D eigenvalue weighted by atomic mass is 28.4. The fourth-order valence-electron chi connectivity index (χ4n) is 1.63. The molecule has 0 unspecified atom stereocenters. The summed E-state index contributed by atoms with van der Waals surface area (Å²) in [6.07, 6.45) is 0.829. The van der Waals surface area contributed by atoms with Crippen LogP contribution < -0.4 is 11.1 Å². The van der Waals surface area contributed by atoms with Gasteiger partial charge in [-0.15, -0.1) is 0 Å². The van der Waals surface area contributed by atoms with Crippen LogP contribution in [0.15, 0.2) is 0 Å². The molecule has 5 nitrogen and oxygen atoms in total. The second-order valence-corrected chi connectivity index (χ2v) is 7.57. The molecule has 110 valence electrons. The predicted molar refractivity (Wildman–Crippen MR) is 76.3 cm³/mol. The van der Waals surface area contributed by atoms with Crippen LogP contribution in [0.1, 0.15) is 41.5 Å². The van der Waals surface area contributed by atoms with Gasteiger partial charge in [-0.2, -0.15) is 0 Å². The Bertz CT molecular complexity index is 187. The Labute approximate surface area is 113 Å². The van der Waals surface area contributed by atoms with Crippen LogP contribution in [0.3, 0.4) is 0 Å². The first-order chi connectivity index (χ1) is 8.31. The lowest BCUT2D eigenvalue weighted by Crippen LogP contribution is -2.58. The van der Waals surface area contributed by atoms with Gasteiger partial charge in [-0.1, -0.05) is 0 Å². The molecule has 0 aliphatic rings. The van der Waals surface area contributed by atoms with Gasteiger partial charge in [-0.25, -0.2) is 0 Å². The summed E-state index contributed by atoms with van der Waals surface area (Å²) in [5, 5.41) is 3.25. The molecule has 0 bridgehead atoms. The summed E-state index contributed by atoms with van der Waals surface area (Å²) in [7, 11) is -2.69. The minimum atomic E-state index is -2.69. The summed E-state index contributed by atoms with van der Waals surface area (Å²) in [6, 6.07) is 0. The van der Waals surface area contributed by atoms with Gasteiger partial charge in [0.05, 0.1) is 6.17 Å². The highest BCUT2D eigenvalue weighted by Gasteiger charge is 2.43. The molecular weight excluding hydrogens is 248 g/mol. The van der Waals surface area contributed by atoms with Gasteiger partial charge in [0.15, 0.2) is 0 Å². The van der Waals surface area contributed by atoms with E-state index in [2.05, 4.69) is 5.32 Å². The molecule has 0 heterocycles. The van der Waals surface area contributed by atoms with Crippen molar-refractivity contribution < 1.29 is 13.3 Å². The fraction of sp³-hybridized carbons (Fsp3) is 1.00. The minimum Gasteiger partial charge on any atom is -0.370 e. The molecule has 0 aliphatic heterocycles. The van der Waals surface area contributed by atoms with Crippen LogP contribution in [0.2, 0.25) is 0 Å². The third kappa shape index (κ3) is 8.18. The molecular formula is C12H30N2O3Si. The normalized spacial score (nSPS) is 13.0. The van der Waals surface area contributed by atoms with Gasteiger partial charge < -0.3 is 24.3 Å². The average molecular weight is 278 g/mol. The molecule has 3 N–H and O–H groups in total. The Kier molecular flexibility index (Phi) is 9.01. The van der Waals surface area contributed by atoms with Crippen molar-refractivity contribution >= 4 is 8.80 Å². The molecule has 0 spiro atoms. The van der Waals surface area contributed by atoms with Crippen molar-refractivity contribution in [3.8, 4) is 0 Å². The molecule has 0 rings (SSSR count). The highest BCUT2D eigenvalue weighted by Crippen LogP contribution is 2.16. The molecule has 0 aromatic rings. The van der Waals surface area contributed by atoms with Crippen LogP contribution in [0.5, 0.6) is 0 Å². The van der Waals surface area contributed by atoms with E-state index in [9.17, 15) is 0 Å². The van der Waals surface area contributed by atoms with E-state index in [0.717, 1.165) is 6.54 Å². The van der Waals surface area contributed by atoms with Crippen LogP contribution in [0.25, 0.3) is 0 Å². The maximum atomic E-state index is 6.00. The Balaban J connectivity index is 4.74. The second-order valence-electron chi connectivity index (χ2n) is 5.15. The van der Waals surface area contributed by atoms with E-state index in [1.54, 1.807) is 0 Å². The van der Waals surface area contributed by atoms with Gasteiger partial charge in [-0.3, -0.25) is 0 Å². The number of nitrogens with one attached hydrogen (secondary N) is 1. The van der Waals surface area contributed by atoms with E-state index in [4.69, 9.17) is 19.0 Å². The Morgan fingerprint density at radius 3 is 1.56 bits per heavy atom. The molecule has 0 saturated carbocycles. The smallest absolute Gasteiger partial charge is 0.370 e. The highest BCUT2D eigenvalue weighted by molar-refractivity contribution is 6.61. The number of nitrogens with two attached hydrogens (primary N) is 1. The Morgan fingerprint density at radius 1 is 0.889 bits per heavy atom. The predicted octanol–water partition coefficient (Wildman–Crippen LogP) is 1.29. The van der Waals surface area contributed by atoms with Gasteiger partial charge in [0, 0.05) is 31.4 Å². The molecule has 0 radical (unpaired) electrons. The van der Waals surface area contributed by atoms with E-state index >= 15 is 0 Å². The van der Waals surface area contributed by atoms with E-state index in [1.807, 2.05) is 41.5 Å². The molecule has 0 aromatic heterocycles. The molecule has 0 saturated heterocycles. The van der Waals surface area contributed by atoms with Crippen LogP contribution in [-0.4, -0.2) is 46.4 Å². The SMILES string of the molecule is CC(C)O[Si](CNCCN)(OC(C)C)OC(C)C. The van der Waals surface area contributed by atoms with Gasteiger partial charge in [-0.05, 0) is 41.5 Å². The zero-order chi connectivity index (χ0) is 14.2. The summed E-state index contributed by atoms with van der Waals surface area (Å²) < 4.78 is 18.0.